The molecule has 0 aliphatic heterocycles. The van der Waals surface area contributed by atoms with Crippen molar-refractivity contribution in [2.45, 2.75) is 0 Å². The quantitative estimate of drug-likeness (QED) is 0.390. The Balaban J connectivity index is 1.81. The molecule has 0 aliphatic carbocycles. The van der Waals surface area contributed by atoms with Gasteiger partial charge in [-0.05, 0) is 52.4 Å². The highest BCUT2D eigenvalue weighted by Gasteiger charge is 2.10. The number of hydrogen-bond donors (Lipinski definition) is 3. The summed E-state index contributed by atoms with van der Waals surface area (Å²) in [7, 11) is 0. The van der Waals surface area contributed by atoms with Crippen molar-refractivity contribution in [2.24, 2.45) is 5.10 Å². The molecule has 0 bridgehead atoms. The lowest BCUT2D eigenvalue weighted by Gasteiger charge is -2.05. The first-order chi connectivity index (χ1) is 11.1. The van der Waals surface area contributed by atoms with Gasteiger partial charge >= 0.3 is 0 Å². The lowest BCUT2D eigenvalue weighted by Crippen LogP contribution is -2.35. The zero-order valence-corrected chi connectivity index (χ0v) is 14.1. The Kier molecular flexibility index (Phi) is 6.10. The van der Waals surface area contributed by atoms with E-state index in [1.165, 1.54) is 18.3 Å². The van der Waals surface area contributed by atoms with E-state index in [1.807, 2.05) is 12.1 Å². The number of nitrogens with zero attached hydrogens (tertiary/aromatic N) is 1. The largest absolute Gasteiger partial charge is 0.508 e. The van der Waals surface area contributed by atoms with Crippen LogP contribution < -0.4 is 10.7 Å². The average molecular weight is 423 g/mol. The maximum atomic E-state index is 11.9. The minimum absolute atomic E-state index is 0.116. The van der Waals surface area contributed by atoms with Crippen molar-refractivity contribution in [3.8, 4) is 5.75 Å². The number of aromatic hydroxyl groups is 1. The van der Waals surface area contributed by atoms with Gasteiger partial charge in [0, 0.05) is 3.57 Å². The Morgan fingerprint density at radius 1 is 1.17 bits per heavy atom. The Morgan fingerprint density at radius 3 is 2.70 bits per heavy atom. The molecule has 0 atom stereocenters. The summed E-state index contributed by atoms with van der Waals surface area (Å²) < 4.78 is 0.810. The number of phenolic OH excluding ortho intramolecular Hbond substituents is 1. The van der Waals surface area contributed by atoms with Crippen molar-refractivity contribution in [1.82, 2.24) is 10.7 Å². The Labute approximate surface area is 146 Å². The minimum atomic E-state index is -0.444. The first-order valence-corrected chi connectivity index (χ1v) is 7.78. The minimum Gasteiger partial charge on any atom is -0.508 e. The summed E-state index contributed by atoms with van der Waals surface area (Å²) in [4.78, 5) is 23.6. The smallest absolute Gasteiger partial charge is 0.259 e. The zero-order valence-electron chi connectivity index (χ0n) is 12.0. The molecule has 3 N–H and O–H groups in total. The van der Waals surface area contributed by atoms with Gasteiger partial charge in [-0.1, -0.05) is 24.3 Å². The average Bonchev–Trinajstić information content (AvgIpc) is 2.53. The van der Waals surface area contributed by atoms with Gasteiger partial charge in [0.05, 0.1) is 18.3 Å². The van der Waals surface area contributed by atoms with Crippen molar-refractivity contribution in [1.29, 1.82) is 0 Å². The molecule has 23 heavy (non-hydrogen) atoms. The zero-order chi connectivity index (χ0) is 16.7. The van der Waals surface area contributed by atoms with E-state index in [0.29, 0.717) is 11.1 Å². The maximum absolute atomic E-state index is 11.9. The molecular formula is C16H14IN3O3. The van der Waals surface area contributed by atoms with Gasteiger partial charge in [-0.3, -0.25) is 9.59 Å². The summed E-state index contributed by atoms with van der Waals surface area (Å²) in [5.41, 5.74) is 3.47. The van der Waals surface area contributed by atoms with Crippen LogP contribution in [0.1, 0.15) is 15.9 Å². The Bertz CT molecular complexity index is 747. The fourth-order valence-corrected chi connectivity index (χ4v) is 2.36. The summed E-state index contributed by atoms with van der Waals surface area (Å²) in [6.07, 6.45) is 1.40. The van der Waals surface area contributed by atoms with E-state index in [1.54, 1.807) is 24.3 Å². The molecule has 0 heterocycles. The van der Waals surface area contributed by atoms with E-state index >= 15 is 0 Å². The predicted octanol–water partition coefficient (Wildman–Crippen LogP) is 1.88. The number of benzene rings is 2. The molecular weight excluding hydrogens is 409 g/mol. The molecule has 0 unspecified atom stereocenters. The maximum Gasteiger partial charge on any atom is 0.259 e. The van der Waals surface area contributed by atoms with Crippen LogP contribution in [0.4, 0.5) is 0 Å². The number of nitrogens with one attached hydrogen (secondary N) is 2. The fourth-order valence-electron chi connectivity index (χ4n) is 1.72. The highest BCUT2D eigenvalue weighted by Crippen LogP contribution is 2.11. The second-order valence-corrected chi connectivity index (χ2v) is 5.71. The van der Waals surface area contributed by atoms with Crippen LogP contribution in [-0.4, -0.2) is 29.7 Å². The van der Waals surface area contributed by atoms with Crippen LogP contribution in [0.15, 0.2) is 53.6 Å². The molecule has 0 fully saturated rings. The van der Waals surface area contributed by atoms with E-state index in [0.717, 1.165) is 3.57 Å². The van der Waals surface area contributed by atoms with Gasteiger partial charge in [-0.2, -0.15) is 5.10 Å². The van der Waals surface area contributed by atoms with Crippen LogP contribution in [-0.2, 0) is 4.79 Å². The van der Waals surface area contributed by atoms with Crippen molar-refractivity contribution < 1.29 is 14.7 Å². The summed E-state index contributed by atoms with van der Waals surface area (Å²) in [5.74, 6) is -0.646. The lowest BCUT2D eigenvalue weighted by molar-refractivity contribution is -0.120. The topological polar surface area (TPSA) is 90.8 Å². The van der Waals surface area contributed by atoms with Gasteiger partial charge in [-0.25, -0.2) is 5.43 Å². The fraction of sp³-hybridized carbons (Fsp3) is 0.0625. The van der Waals surface area contributed by atoms with Crippen molar-refractivity contribution >= 4 is 40.6 Å². The van der Waals surface area contributed by atoms with Gasteiger partial charge in [0.25, 0.3) is 11.8 Å². The molecule has 0 radical (unpaired) electrons. The van der Waals surface area contributed by atoms with E-state index < -0.39 is 5.91 Å². The third-order valence-electron chi connectivity index (χ3n) is 2.80. The van der Waals surface area contributed by atoms with Gasteiger partial charge in [0.2, 0.25) is 0 Å². The Hall–Kier alpha value is -2.42. The number of amides is 2. The molecule has 2 amide bonds. The van der Waals surface area contributed by atoms with Crippen molar-refractivity contribution in [2.75, 3.05) is 6.54 Å². The van der Waals surface area contributed by atoms with Gasteiger partial charge in [0.1, 0.15) is 5.75 Å². The van der Waals surface area contributed by atoms with Gasteiger partial charge in [-0.15, -0.1) is 0 Å². The standard InChI is InChI=1S/C16H14IN3O3/c17-14-7-2-1-6-13(14)16(23)18-10-15(22)20-19-9-11-4-3-5-12(21)8-11/h1-9,21H,10H2,(H,18,23)(H,20,22). The number of hydrazone groups is 1. The second-order valence-electron chi connectivity index (χ2n) is 4.55. The number of carbonyl (C=O) groups excluding carboxylic acids is 2. The van der Waals surface area contributed by atoms with Crippen LogP contribution in [0.3, 0.4) is 0 Å². The molecule has 2 aromatic carbocycles. The molecule has 0 saturated heterocycles. The number of rotatable bonds is 5. The monoisotopic (exact) mass is 423 g/mol. The number of phenols is 1. The van der Waals surface area contributed by atoms with Crippen LogP contribution in [0.25, 0.3) is 0 Å². The molecule has 0 aromatic heterocycles. The summed E-state index contributed by atoms with van der Waals surface area (Å²) in [6, 6.07) is 13.5. The number of hydrogen-bond acceptors (Lipinski definition) is 4. The van der Waals surface area contributed by atoms with E-state index in [4.69, 9.17) is 0 Å². The normalized spacial score (nSPS) is 10.5. The van der Waals surface area contributed by atoms with Crippen LogP contribution in [0.2, 0.25) is 0 Å². The van der Waals surface area contributed by atoms with Crippen molar-refractivity contribution in [3.05, 3.63) is 63.2 Å². The molecule has 0 aliphatic rings. The third kappa shape index (κ3) is 5.37. The van der Waals surface area contributed by atoms with Crippen LogP contribution in [0, 0.1) is 3.57 Å². The molecule has 6 nitrogen and oxygen atoms in total. The molecule has 0 spiro atoms. The third-order valence-corrected chi connectivity index (χ3v) is 3.74. The summed E-state index contributed by atoms with van der Waals surface area (Å²) >= 11 is 2.06. The van der Waals surface area contributed by atoms with E-state index in [-0.39, 0.29) is 18.2 Å². The van der Waals surface area contributed by atoms with Gasteiger partial charge < -0.3 is 10.4 Å². The second kappa shape index (κ2) is 8.28. The molecule has 118 valence electrons. The summed E-state index contributed by atoms with van der Waals surface area (Å²) in [6.45, 7) is -0.179. The number of halogens is 1. The molecule has 7 heteroatoms. The summed E-state index contributed by atoms with van der Waals surface area (Å²) in [5, 5.41) is 15.6. The number of carbonyl (C=O) groups is 2. The Morgan fingerprint density at radius 2 is 1.96 bits per heavy atom. The van der Waals surface area contributed by atoms with E-state index in [9.17, 15) is 14.7 Å². The highest BCUT2D eigenvalue weighted by atomic mass is 127. The first-order valence-electron chi connectivity index (χ1n) is 6.70. The van der Waals surface area contributed by atoms with Gasteiger partial charge in [0.15, 0.2) is 0 Å². The predicted molar refractivity (Wildman–Crippen MR) is 95.3 cm³/mol. The van der Waals surface area contributed by atoms with Crippen LogP contribution >= 0.6 is 22.6 Å². The van der Waals surface area contributed by atoms with Crippen molar-refractivity contribution in [3.63, 3.8) is 0 Å². The molecule has 2 aromatic rings. The first kappa shape index (κ1) is 16.9. The van der Waals surface area contributed by atoms with Crippen LogP contribution in [0.5, 0.6) is 5.75 Å². The highest BCUT2D eigenvalue weighted by molar-refractivity contribution is 14.1. The SMILES string of the molecule is O=C(CNC(=O)c1ccccc1I)NN=Cc1cccc(O)c1. The molecule has 2 rings (SSSR count). The van der Waals surface area contributed by atoms with E-state index in [2.05, 4.69) is 38.4 Å². The lowest BCUT2D eigenvalue weighted by atomic mass is 10.2. The molecule has 0 saturated carbocycles.